The minimum Gasteiger partial charge on any atom is -0.493 e. The Balaban J connectivity index is 1.40. The van der Waals surface area contributed by atoms with Crippen LogP contribution < -0.4 is 16.1 Å². The van der Waals surface area contributed by atoms with Crippen LogP contribution in [0.15, 0.2) is 57.0 Å². The SMILES string of the molecule is Cc1ccc(-n2c(O)c(C=Nc3ccc4c(c3)CC3(C(=O)N(C)C(=O)N(C)C3=O)[C@H]3CCCN43)c(=O)[nH]c2=O)cc1. The van der Waals surface area contributed by atoms with Gasteiger partial charge in [-0.15, -0.1) is 0 Å². The maximum Gasteiger partial charge on any atom is 0.335 e. The smallest absolute Gasteiger partial charge is 0.335 e. The molecule has 6 rings (SSSR count). The number of hydrogen-bond acceptors (Lipinski definition) is 8. The molecule has 2 N–H and O–H groups in total. The van der Waals surface area contributed by atoms with Gasteiger partial charge in [-0.25, -0.2) is 14.2 Å². The van der Waals surface area contributed by atoms with Crippen LogP contribution in [0.3, 0.4) is 0 Å². The number of imide groups is 2. The number of benzene rings is 2. The zero-order chi connectivity index (χ0) is 29.2. The Bertz CT molecular complexity index is 1750. The number of anilines is 1. The number of nitrogens with one attached hydrogen (secondary N) is 1. The highest BCUT2D eigenvalue weighted by Gasteiger charge is 2.63. The molecule has 210 valence electrons. The lowest BCUT2D eigenvalue weighted by Crippen LogP contribution is -2.70. The third-order valence-corrected chi connectivity index (χ3v) is 8.37. The highest BCUT2D eigenvalue weighted by molar-refractivity contribution is 6.20. The van der Waals surface area contributed by atoms with E-state index in [0.717, 1.165) is 32.0 Å². The average molecular weight is 557 g/mol. The van der Waals surface area contributed by atoms with Gasteiger partial charge in [-0.3, -0.25) is 34.2 Å². The second-order valence-electron chi connectivity index (χ2n) is 10.7. The number of barbiturate groups is 1. The van der Waals surface area contributed by atoms with Gasteiger partial charge in [0.05, 0.1) is 17.4 Å². The van der Waals surface area contributed by atoms with Gasteiger partial charge < -0.3 is 10.0 Å². The number of urea groups is 1. The number of carbonyl (C=O) groups excluding carboxylic acids is 3. The third kappa shape index (κ3) is 3.81. The molecule has 0 unspecified atom stereocenters. The Kier molecular flexibility index (Phi) is 5.94. The maximum atomic E-state index is 13.6. The minimum absolute atomic E-state index is 0.0939. The first-order chi connectivity index (χ1) is 19.5. The van der Waals surface area contributed by atoms with Crippen LogP contribution in [-0.4, -0.2) is 75.2 Å². The van der Waals surface area contributed by atoms with Crippen LogP contribution in [0.1, 0.15) is 29.5 Å². The van der Waals surface area contributed by atoms with Gasteiger partial charge in [-0.1, -0.05) is 17.7 Å². The fourth-order valence-electron chi connectivity index (χ4n) is 6.31. The molecule has 2 aromatic carbocycles. The molecule has 3 aliphatic heterocycles. The van der Waals surface area contributed by atoms with Gasteiger partial charge in [-0.2, -0.15) is 0 Å². The fraction of sp³-hybridized carbons (Fsp3) is 0.310. The molecule has 0 radical (unpaired) electrons. The Labute approximate surface area is 234 Å². The van der Waals surface area contributed by atoms with Crippen LogP contribution in [0.5, 0.6) is 5.88 Å². The van der Waals surface area contributed by atoms with Gasteiger partial charge in [0.25, 0.3) is 5.56 Å². The lowest BCUT2D eigenvalue weighted by atomic mass is 9.68. The molecule has 1 spiro atoms. The normalized spacial score (nSPS) is 19.8. The van der Waals surface area contributed by atoms with E-state index >= 15 is 0 Å². The number of aromatic nitrogens is 2. The van der Waals surface area contributed by atoms with Crippen LogP contribution in [0.2, 0.25) is 0 Å². The average Bonchev–Trinajstić information content (AvgIpc) is 3.45. The van der Waals surface area contributed by atoms with Crippen LogP contribution >= 0.6 is 0 Å². The number of carbonyl (C=O) groups is 3. The Morgan fingerprint density at radius 1 is 1.00 bits per heavy atom. The lowest BCUT2D eigenvalue weighted by molar-refractivity contribution is -0.159. The zero-order valence-electron chi connectivity index (χ0n) is 22.7. The van der Waals surface area contributed by atoms with Crippen molar-refractivity contribution < 1.29 is 19.5 Å². The number of aromatic hydroxyl groups is 1. The van der Waals surface area contributed by atoms with Crippen molar-refractivity contribution in [2.24, 2.45) is 10.4 Å². The first kappa shape index (κ1) is 26.2. The number of H-pyrrole nitrogens is 1. The largest absolute Gasteiger partial charge is 0.493 e. The molecular formula is C29H28N6O6. The van der Waals surface area contributed by atoms with Crippen molar-refractivity contribution in [3.05, 3.63) is 80.0 Å². The van der Waals surface area contributed by atoms with Crippen molar-refractivity contribution in [1.82, 2.24) is 19.4 Å². The Hall–Kier alpha value is -5.00. The van der Waals surface area contributed by atoms with Crippen LogP contribution in [-0.2, 0) is 16.0 Å². The summed E-state index contributed by atoms with van der Waals surface area (Å²) in [6, 6.07) is 11.2. The Morgan fingerprint density at radius 3 is 2.37 bits per heavy atom. The quantitative estimate of drug-likeness (QED) is 0.370. The van der Waals surface area contributed by atoms with Gasteiger partial charge in [0.2, 0.25) is 17.7 Å². The number of nitrogens with zero attached hydrogens (tertiary/aromatic N) is 5. The van der Waals surface area contributed by atoms with Crippen molar-refractivity contribution in [3.8, 4) is 11.6 Å². The molecule has 2 fully saturated rings. The molecule has 0 saturated carbocycles. The second kappa shape index (κ2) is 9.29. The lowest BCUT2D eigenvalue weighted by Gasteiger charge is -2.50. The maximum absolute atomic E-state index is 13.6. The van der Waals surface area contributed by atoms with Crippen LogP contribution in [0.25, 0.3) is 5.69 Å². The highest BCUT2D eigenvalue weighted by atomic mass is 16.3. The number of amides is 4. The van der Waals surface area contributed by atoms with E-state index in [-0.39, 0.29) is 18.0 Å². The number of aromatic amines is 1. The summed E-state index contributed by atoms with van der Waals surface area (Å²) in [6.45, 7) is 2.55. The summed E-state index contributed by atoms with van der Waals surface area (Å²) in [7, 11) is 2.79. The molecular weight excluding hydrogens is 528 g/mol. The van der Waals surface area contributed by atoms with Gasteiger partial charge in [0.15, 0.2) is 5.41 Å². The van der Waals surface area contributed by atoms with E-state index in [4.69, 9.17) is 0 Å². The van der Waals surface area contributed by atoms with Gasteiger partial charge in [0, 0.05) is 32.5 Å². The standard InChI is InChI=1S/C29H28N6O6/c1-16-6-9-19(10-7-16)35-24(37)20(23(36)31-27(35)40)15-30-18-8-11-21-17(13-18)14-29(22-5-4-12-34(21)22)25(38)32(2)28(41)33(3)26(29)39/h6-11,13,15,22,37H,4-5,12,14H2,1-3H3,(H,31,36,40)/t22-/m1/s1. The summed E-state index contributed by atoms with van der Waals surface area (Å²) in [5.41, 5.74) is 0.0973. The number of aryl methyl sites for hydroxylation is 1. The molecule has 3 aromatic rings. The van der Waals surface area contributed by atoms with Crippen molar-refractivity contribution in [3.63, 3.8) is 0 Å². The van der Waals surface area contributed by atoms with E-state index in [9.17, 15) is 29.1 Å². The predicted molar refractivity (Wildman–Crippen MR) is 150 cm³/mol. The summed E-state index contributed by atoms with van der Waals surface area (Å²) in [4.78, 5) is 75.5. The van der Waals surface area contributed by atoms with Gasteiger partial charge >= 0.3 is 11.7 Å². The van der Waals surface area contributed by atoms with Crippen molar-refractivity contribution in [1.29, 1.82) is 0 Å². The number of rotatable bonds is 3. The molecule has 3 aliphatic rings. The summed E-state index contributed by atoms with van der Waals surface area (Å²) in [5, 5.41) is 10.9. The molecule has 12 heteroatoms. The van der Waals surface area contributed by atoms with E-state index in [0.29, 0.717) is 29.9 Å². The number of fused-ring (bicyclic) bond motifs is 4. The zero-order valence-corrected chi connectivity index (χ0v) is 22.7. The molecule has 2 saturated heterocycles. The molecule has 0 aliphatic carbocycles. The van der Waals surface area contributed by atoms with E-state index in [1.807, 2.05) is 13.0 Å². The molecule has 1 aromatic heterocycles. The molecule has 41 heavy (non-hydrogen) atoms. The van der Waals surface area contributed by atoms with E-state index in [1.165, 1.54) is 20.3 Å². The summed E-state index contributed by atoms with van der Waals surface area (Å²) >= 11 is 0. The number of hydrogen-bond donors (Lipinski definition) is 2. The molecule has 4 amide bonds. The number of aliphatic imine (C=N–C) groups is 1. The van der Waals surface area contributed by atoms with Crippen molar-refractivity contribution >= 4 is 35.4 Å². The first-order valence-corrected chi connectivity index (χ1v) is 13.2. The van der Waals surface area contributed by atoms with E-state index in [2.05, 4.69) is 14.9 Å². The monoisotopic (exact) mass is 556 g/mol. The second-order valence-corrected chi connectivity index (χ2v) is 10.7. The van der Waals surface area contributed by atoms with Crippen LogP contribution in [0, 0.1) is 12.3 Å². The van der Waals surface area contributed by atoms with Crippen molar-refractivity contribution in [2.45, 2.75) is 32.2 Å². The van der Waals surface area contributed by atoms with E-state index in [1.54, 1.807) is 36.4 Å². The first-order valence-electron chi connectivity index (χ1n) is 13.2. The van der Waals surface area contributed by atoms with Crippen LogP contribution in [0.4, 0.5) is 16.2 Å². The highest BCUT2D eigenvalue weighted by Crippen LogP contribution is 2.49. The van der Waals surface area contributed by atoms with Crippen molar-refractivity contribution in [2.75, 3.05) is 25.5 Å². The van der Waals surface area contributed by atoms with Gasteiger partial charge in [-0.05, 0) is 62.1 Å². The summed E-state index contributed by atoms with van der Waals surface area (Å²) < 4.78 is 0.987. The molecule has 4 heterocycles. The molecule has 1 atom stereocenters. The summed E-state index contributed by atoms with van der Waals surface area (Å²) in [5.74, 6) is -1.59. The summed E-state index contributed by atoms with van der Waals surface area (Å²) in [6.07, 6.45) is 2.71. The fourth-order valence-corrected chi connectivity index (χ4v) is 6.31. The topological polar surface area (TPSA) is 148 Å². The van der Waals surface area contributed by atoms with E-state index < -0.39 is 40.4 Å². The molecule has 0 bridgehead atoms. The minimum atomic E-state index is -1.44. The van der Waals surface area contributed by atoms with Gasteiger partial charge in [0.1, 0.15) is 5.56 Å². The molecule has 12 nitrogen and oxygen atoms in total. The predicted octanol–water partition coefficient (Wildman–Crippen LogP) is 1.85. The third-order valence-electron chi connectivity index (χ3n) is 8.37. The Morgan fingerprint density at radius 2 is 1.68 bits per heavy atom.